The van der Waals surface area contributed by atoms with Crippen LogP contribution < -0.4 is 0 Å². The van der Waals surface area contributed by atoms with Crippen LogP contribution in [-0.4, -0.2) is 51.9 Å². The summed E-state index contributed by atoms with van der Waals surface area (Å²) in [5.41, 5.74) is 2.04. The Morgan fingerprint density at radius 1 is 1.21 bits per heavy atom. The molecule has 0 radical (unpaired) electrons. The predicted molar refractivity (Wildman–Crippen MR) is 93.6 cm³/mol. The van der Waals surface area contributed by atoms with Crippen LogP contribution in [0.25, 0.3) is 0 Å². The van der Waals surface area contributed by atoms with E-state index in [1.54, 1.807) is 17.5 Å². The molecule has 2 aliphatic rings. The Balaban J connectivity index is 1.30. The molecule has 0 aromatic carbocycles. The molecule has 0 spiro atoms. The first kappa shape index (κ1) is 15.7. The zero-order valence-corrected chi connectivity index (χ0v) is 14.7. The second-order valence-electron chi connectivity index (χ2n) is 6.87. The molecular formula is C18H22N4OS. The average molecular weight is 342 g/mol. The summed E-state index contributed by atoms with van der Waals surface area (Å²) in [6.45, 7) is 6.94. The topological polar surface area (TPSA) is 49.3 Å². The lowest BCUT2D eigenvalue weighted by Crippen LogP contribution is -2.34. The lowest BCUT2D eigenvalue weighted by Gasteiger charge is -2.21. The second kappa shape index (κ2) is 6.61. The number of nitrogens with zero attached hydrogens (tertiary/aromatic N) is 4. The molecular weight excluding hydrogens is 320 g/mol. The summed E-state index contributed by atoms with van der Waals surface area (Å²) in [7, 11) is 0. The number of thiazole rings is 1. The summed E-state index contributed by atoms with van der Waals surface area (Å²) in [5.74, 6) is 1.43. The number of hydrogen-bond acceptors (Lipinski definition) is 5. The maximum Gasteiger partial charge on any atom is 0.228 e. The summed E-state index contributed by atoms with van der Waals surface area (Å²) < 4.78 is 0. The number of fused-ring (bicyclic) bond motifs is 1. The Kier molecular flexibility index (Phi) is 4.33. The Hall–Kier alpha value is -1.79. The van der Waals surface area contributed by atoms with Gasteiger partial charge in [0.25, 0.3) is 0 Å². The maximum atomic E-state index is 12.5. The highest BCUT2D eigenvalue weighted by Crippen LogP contribution is 2.32. The van der Waals surface area contributed by atoms with Crippen LogP contribution in [0.1, 0.15) is 16.4 Å². The zero-order chi connectivity index (χ0) is 16.5. The van der Waals surface area contributed by atoms with Crippen LogP contribution >= 0.6 is 11.3 Å². The van der Waals surface area contributed by atoms with E-state index in [-0.39, 0.29) is 5.91 Å². The molecule has 4 rings (SSSR count). The lowest BCUT2D eigenvalue weighted by molar-refractivity contribution is -0.129. The van der Waals surface area contributed by atoms with Gasteiger partial charge >= 0.3 is 0 Å². The van der Waals surface area contributed by atoms with Gasteiger partial charge in [-0.25, -0.2) is 4.98 Å². The van der Waals surface area contributed by atoms with E-state index < -0.39 is 0 Å². The van der Waals surface area contributed by atoms with Crippen LogP contribution in [0.4, 0.5) is 0 Å². The predicted octanol–water partition coefficient (Wildman–Crippen LogP) is 1.98. The van der Waals surface area contributed by atoms with E-state index in [1.807, 2.05) is 23.1 Å². The molecule has 6 heteroatoms. The van der Waals surface area contributed by atoms with Crippen LogP contribution in [-0.2, 0) is 17.8 Å². The zero-order valence-electron chi connectivity index (χ0n) is 13.9. The summed E-state index contributed by atoms with van der Waals surface area (Å²) in [5, 5.41) is 3.29. The quantitative estimate of drug-likeness (QED) is 0.852. The van der Waals surface area contributed by atoms with E-state index in [2.05, 4.69) is 27.2 Å². The largest absolute Gasteiger partial charge is 0.342 e. The van der Waals surface area contributed by atoms with Gasteiger partial charge in [0, 0.05) is 50.0 Å². The molecule has 0 unspecified atom stereocenters. The Morgan fingerprint density at radius 3 is 2.62 bits per heavy atom. The molecule has 126 valence electrons. The van der Waals surface area contributed by atoms with Gasteiger partial charge in [-0.1, -0.05) is 6.07 Å². The van der Waals surface area contributed by atoms with E-state index in [0.29, 0.717) is 18.3 Å². The molecule has 2 aromatic heterocycles. The van der Waals surface area contributed by atoms with Gasteiger partial charge in [0.1, 0.15) is 0 Å². The van der Waals surface area contributed by atoms with Crippen molar-refractivity contribution in [3.05, 3.63) is 46.2 Å². The number of aromatic nitrogens is 2. The first-order valence-corrected chi connectivity index (χ1v) is 9.36. The summed E-state index contributed by atoms with van der Waals surface area (Å²) in [6.07, 6.45) is 2.17. The normalized spacial score (nSPS) is 23.6. The van der Waals surface area contributed by atoms with Crippen molar-refractivity contribution >= 4 is 17.2 Å². The molecule has 2 saturated heterocycles. The third-order valence-corrected chi connectivity index (χ3v) is 5.85. The Morgan fingerprint density at radius 2 is 2.00 bits per heavy atom. The van der Waals surface area contributed by atoms with E-state index in [0.717, 1.165) is 43.4 Å². The number of pyridine rings is 1. The minimum atomic E-state index is 0.213. The monoisotopic (exact) mass is 342 g/mol. The molecule has 0 N–H and O–H groups in total. The second-order valence-corrected chi connectivity index (χ2v) is 7.93. The summed E-state index contributed by atoms with van der Waals surface area (Å²) >= 11 is 1.72. The average Bonchev–Trinajstić information content (AvgIpc) is 3.23. The lowest BCUT2D eigenvalue weighted by atomic mass is 10.0. The number of carbonyl (C=O) groups is 1. The molecule has 4 heterocycles. The van der Waals surface area contributed by atoms with Crippen molar-refractivity contribution < 1.29 is 4.79 Å². The van der Waals surface area contributed by atoms with Gasteiger partial charge in [-0.2, -0.15) is 0 Å². The number of aryl methyl sites for hydroxylation is 1. The van der Waals surface area contributed by atoms with Gasteiger partial charge in [0.2, 0.25) is 5.91 Å². The van der Waals surface area contributed by atoms with E-state index >= 15 is 0 Å². The van der Waals surface area contributed by atoms with Gasteiger partial charge < -0.3 is 4.90 Å². The maximum absolute atomic E-state index is 12.5. The minimum absolute atomic E-state index is 0.213. The van der Waals surface area contributed by atoms with E-state index in [9.17, 15) is 4.79 Å². The fourth-order valence-electron chi connectivity index (χ4n) is 3.90. The van der Waals surface area contributed by atoms with Crippen LogP contribution in [0.5, 0.6) is 0 Å². The molecule has 5 nitrogen and oxygen atoms in total. The molecule has 2 aliphatic heterocycles. The van der Waals surface area contributed by atoms with Crippen molar-refractivity contribution in [3.8, 4) is 0 Å². The molecule has 2 fully saturated rings. The minimum Gasteiger partial charge on any atom is -0.342 e. The number of rotatable bonds is 4. The van der Waals surface area contributed by atoms with Crippen LogP contribution in [0.3, 0.4) is 0 Å². The molecule has 2 atom stereocenters. The molecule has 0 bridgehead atoms. The third-order valence-electron chi connectivity index (χ3n) is 5.03. The van der Waals surface area contributed by atoms with E-state index in [1.165, 1.54) is 5.69 Å². The van der Waals surface area contributed by atoms with Gasteiger partial charge in [-0.15, -0.1) is 11.3 Å². The standard InChI is InChI=1S/C18H22N4OS/c1-13-20-17(12-24-13)11-21-7-14-9-22(10-15(14)8-21)18(23)6-16-4-2-3-5-19-16/h2-5,12,14-15H,6-11H2,1H3/t14-,15+. The Labute approximate surface area is 146 Å². The van der Waals surface area contributed by atoms with Crippen molar-refractivity contribution in [1.29, 1.82) is 0 Å². The van der Waals surface area contributed by atoms with Crippen LogP contribution in [0, 0.1) is 18.8 Å². The van der Waals surface area contributed by atoms with Gasteiger partial charge in [-0.05, 0) is 30.9 Å². The molecule has 2 aromatic rings. The fourth-order valence-corrected chi connectivity index (χ4v) is 4.51. The molecule has 0 aliphatic carbocycles. The molecule has 24 heavy (non-hydrogen) atoms. The molecule has 0 saturated carbocycles. The summed E-state index contributed by atoms with van der Waals surface area (Å²) in [4.78, 5) is 25.8. The van der Waals surface area contributed by atoms with Crippen LogP contribution in [0.2, 0.25) is 0 Å². The third kappa shape index (κ3) is 3.35. The highest BCUT2D eigenvalue weighted by molar-refractivity contribution is 7.09. The first-order chi connectivity index (χ1) is 11.7. The highest BCUT2D eigenvalue weighted by Gasteiger charge is 2.41. The SMILES string of the molecule is Cc1nc(CN2C[C@@H]3CN(C(=O)Cc4ccccn4)C[C@@H]3C2)cs1. The number of carbonyl (C=O) groups excluding carboxylic acids is 1. The van der Waals surface area contributed by atoms with Gasteiger partial charge in [-0.3, -0.25) is 14.7 Å². The summed E-state index contributed by atoms with van der Waals surface area (Å²) in [6, 6.07) is 5.74. The fraction of sp³-hybridized carbons (Fsp3) is 0.500. The number of hydrogen-bond donors (Lipinski definition) is 0. The van der Waals surface area contributed by atoms with E-state index in [4.69, 9.17) is 0 Å². The van der Waals surface area contributed by atoms with Crippen molar-refractivity contribution in [3.63, 3.8) is 0 Å². The van der Waals surface area contributed by atoms with Gasteiger partial charge in [0.05, 0.1) is 17.1 Å². The van der Waals surface area contributed by atoms with Crippen molar-refractivity contribution in [2.75, 3.05) is 26.2 Å². The smallest absolute Gasteiger partial charge is 0.228 e. The molecule has 1 amide bonds. The van der Waals surface area contributed by atoms with Crippen molar-refractivity contribution in [1.82, 2.24) is 19.8 Å². The highest BCUT2D eigenvalue weighted by atomic mass is 32.1. The first-order valence-electron chi connectivity index (χ1n) is 8.48. The van der Waals surface area contributed by atoms with Crippen molar-refractivity contribution in [2.45, 2.75) is 19.9 Å². The van der Waals surface area contributed by atoms with Crippen molar-refractivity contribution in [2.24, 2.45) is 11.8 Å². The van der Waals surface area contributed by atoms with Gasteiger partial charge in [0.15, 0.2) is 0 Å². The Bertz CT molecular complexity index is 703. The number of amides is 1. The van der Waals surface area contributed by atoms with Crippen LogP contribution in [0.15, 0.2) is 29.8 Å². The number of likely N-dealkylation sites (tertiary alicyclic amines) is 2.